The fourth-order valence-electron chi connectivity index (χ4n) is 1.85. The van der Waals surface area contributed by atoms with Crippen LogP contribution in [-0.2, 0) is 14.8 Å². The molecule has 1 aromatic carbocycles. The highest BCUT2D eigenvalue weighted by Gasteiger charge is 2.12. The molecule has 1 amide bonds. The molecule has 0 spiro atoms. The Morgan fingerprint density at radius 3 is 2.20 bits per heavy atom. The molecule has 1 rings (SSSR count). The van der Waals surface area contributed by atoms with Crippen LogP contribution in [0.5, 0.6) is 0 Å². The molecule has 0 radical (unpaired) electrons. The van der Waals surface area contributed by atoms with Crippen molar-refractivity contribution in [3.63, 3.8) is 0 Å². The topological polar surface area (TPSA) is 66.5 Å². The van der Waals surface area contributed by atoms with Gasteiger partial charge in [-0.05, 0) is 23.6 Å². The van der Waals surface area contributed by atoms with Gasteiger partial charge in [0.15, 0.2) is 0 Å². The van der Waals surface area contributed by atoms with Gasteiger partial charge in [-0.2, -0.15) is 0 Å². The zero-order valence-electron chi connectivity index (χ0n) is 12.4. The molecular formula is C14H22N2O3S. The first-order valence-corrected chi connectivity index (χ1v) is 8.42. The Morgan fingerprint density at radius 2 is 1.80 bits per heavy atom. The molecular weight excluding hydrogens is 276 g/mol. The summed E-state index contributed by atoms with van der Waals surface area (Å²) in [5.74, 6) is 0.319. The number of anilines is 1. The number of rotatable bonds is 6. The number of sulfonamides is 1. The van der Waals surface area contributed by atoms with Crippen molar-refractivity contribution in [2.24, 2.45) is 0 Å². The first kappa shape index (κ1) is 16.7. The van der Waals surface area contributed by atoms with E-state index in [4.69, 9.17) is 0 Å². The lowest BCUT2D eigenvalue weighted by Gasteiger charge is -2.21. The van der Waals surface area contributed by atoms with E-state index in [9.17, 15) is 13.2 Å². The van der Waals surface area contributed by atoms with Crippen LogP contribution in [0.15, 0.2) is 24.3 Å². The molecule has 0 aliphatic rings. The molecule has 0 aromatic heterocycles. The molecule has 5 nitrogen and oxygen atoms in total. The number of carbonyl (C=O) groups is 1. The molecule has 6 heteroatoms. The van der Waals surface area contributed by atoms with Crippen molar-refractivity contribution >= 4 is 21.6 Å². The van der Waals surface area contributed by atoms with Crippen molar-refractivity contribution in [2.75, 3.05) is 24.2 Å². The fraction of sp³-hybridized carbons (Fsp3) is 0.500. The van der Waals surface area contributed by atoms with E-state index in [1.165, 1.54) is 12.5 Å². The Kier molecular flexibility index (Phi) is 5.71. The van der Waals surface area contributed by atoms with Gasteiger partial charge < -0.3 is 4.90 Å². The number of hydrogen-bond acceptors (Lipinski definition) is 3. The molecule has 0 unspecified atom stereocenters. The molecule has 112 valence electrons. The third kappa shape index (κ3) is 5.30. The van der Waals surface area contributed by atoms with E-state index in [1.807, 2.05) is 24.3 Å². The summed E-state index contributed by atoms with van der Waals surface area (Å²) in [6.07, 6.45) is 1.10. The molecule has 20 heavy (non-hydrogen) atoms. The van der Waals surface area contributed by atoms with Crippen LogP contribution in [0.4, 0.5) is 5.69 Å². The largest absolute Gasteiger partial charge is 0.311 e. The van der Waals surface area contributed by atoms with Crippen molar-refractivity contribution in [2.45, 2.75) is 26.7 Å². The average molecular weight is 298 g/mol. The normalized spacial score (nSPS) is 11.7. The minimum atomic E-state index is -3.23. The Balaban J connectivity index is 2.78. The van der Waals surface area contributed by atoms with Crippen molar-refractivity contribution in [3.8, 4) is 0 Å². The van der Waals surface area contributed by atoms with Crippen molar-refractivity contribution in [1.29, 1.82) is 0 Å². The summed E-state index contributed by atoms with van der Waals surface area (Å²) in [5, 5.41) is 0. The van der Waals surface area contributed by atoms with E-state index in [0.29, 0.717) is 12.5 Å². The van der Waals surface area contributed by atoms with Gasteiger partial charge in [-0.3, -0.25) is 4.79 Å². The third-order valence-corrected chi connectivity index (χ3v) is 3.68. The van der Waals surface area contributed by atoms with Crippen LogP contribution >= 0.6 is 0 Å². The first-order chi connectivity index (χ1) is 9.20. The monoisotopic (exact) mass is 298 g/mol. The lowest BCUT2D eigenvalue weighted by atomic mass is 10.0. The number of amides is 1. The number of carbonyl (C=O) groups excluding carboxylic acids is 1. The third-order valence-electron chi connectivity index (χ3n) is 2.95. The Hall–Kier alpha value is -1.40. The Morgan fingerprint density at radius 1 is 1.25 bits per heavy atom. The summed E-state index contributed by atoms with van der Waals surface area (Å²) in [5.41, 5.74) is 1.98. The second kappa shape index (κ2) is 6.85. The highest BCUT2D eigenvalue weighted by atomic mass is 32.2. The molecule has 0 atom stereocenters. The van der Waals surface area contributed by atoms with E-state index in [0.717, 1.165) is 11.9 Å². The average Bonchev–Trinajstić information content (AvgIpc) is 2.33. The summed E-state index contributed by atoms with van der Waals surface area (Å²) < 4.78 is 24.4. The fourth-order valence-corrected chi connectivity index (χ4v) is 2.31. The smallest absolute Gasteiger partial charge is 0.223 e. The molecule has 0 saturated carbocycles. The van der Waals surface area contributed by atoms with Crippen LogP contribution in [0.2, 0.25) is 0 Å². The summed E-state index contributed by atoms with van der Waals surface area (Å²) in [6.45, 7) is 6.19. The quantitative estimate of drug-likeness (QED) is 0.869. The maximum Gasteiger partial charge on any atom is 0.223 e. The van der Waals surface area contributed by atoms with Crippen molar-refractivity contribution < 1.29 is 13.2 Å². The lowest BCUT2D eigenvalue weighted by Crippen LogP contribution is -2.37. The zero-order valence-corrected chi connectivity index (χ0v) is 13.2. The Labute approximate surface area is 121 Å². The van der Waals surface area contributed by atoms with Gasteiger partial charge in [-0.15, -0.1) is 0 Å². The lowest BCUT2D eigenvalue weighted by molar-refractivity contribution is -0.116. The maximum absolute atomic E-state index is 11.7. The van der Waals surface area contributed by atoms with Gasteiger partial charge in [0.2, 0.25) is 15.9 Å². The standard InChI is InChI=1S/C14H22N2O3S/c1-11(2)13-5-7-14(8-6-13)16(12(3)17)10-9-15-20(4,18)19/h5-8,11,15H,9-10H2,1-4H3. The van der Waals surface area contributed by atoms with E-state index in [-0.39, 0.29) is 12.5 Å². The maximum atomic E-state index is 11.7. The summed E-state index contributed by atoms with van der Waals surface area (Å²) >= 11 is 0. The second-order valence-electron chi connectivity index (χ2n) is 5.08. The van der Waals surface area contributed by atoms with Crippen LogP contribution in [0.1, 0.15) is 32.3 Å². The predicted molar refractivity (Wildman–Crippen MR) is 81.4 cm³/mol. The SMILES string of the molecule is CC(=O)N(CCNS(C)(=O)=O)c1ccc(C(C)C)cc1. The molecule has 1 N–H and O–H groups in total. The van der Waals surface area contributed by atoms with Gasteiger partial charge in [-0.1, -0.05) is 26.0 Å². The van der Waals surface area contributed by atoms with E-state index >= 15 is 0 Å². The van der Waals surface area contributed by atoms with E-state index in [2.05, 4.69) is 18.6 Å². The number of hydrogen-bond donors (Lipinski definition) is 1. The van der Waals surface area contributed by atoms with Crippen LogP contribution in [0, 0.1) is 0 Å². The van der Waals surface area contributed by atoms with Gasteiger partial charge >= 0.3 is 0 Å². The molecule has 0 bridgehead atoms. The van der Waals surface area contributed by atoms with Crippen molar-refractivity contribution in [3.05, 3.63) is 29.8 Å². The van der Waals surface area contributed by atoms with Gasteiger partial charge in [0.25, 0.3) is 0 Å². The summed E-state index contributed by atoms with van der Waals surface area (Å²) in [6, 6.07) is 7.74. The molecule has 0 fully saturated rings. The van der Waals surface area contributed by atoms with E-state index < -0.39 is 10.0 Å². The molecule has 1 aromatic rings. The van der Waals surface area contributed by atoms with Gasteiger partial charge in [0, 0.05) is 25.7 Å². The van der Waals surface area contributed by atoms with E-state index in [1.54, 1.807) is 4.90 Å². The molecule has 0 aliphatic heterocycles. The van der Waals surface area contributed by atoms with Crippen LogP contribution in [0.25, 0.3) is 0 Å². The molecule has 0 aliphatic carbocycles. The van der Waals surface area contributed by atoms with Crippen LogP contribution in [0.3, 0.4) is 0 Å². The minimum absolute atomic E-state index is 0.113. The number of benzene rings is 1. The highest BCUT2D eigenvalue weighted by Crippen LogP contribution is 2.20. The van der Waals surface area contributed by atoms with Gasteiger partial charge in [0.05, 0.1) is 6.26 Å². The molecule has 0 saturated heterocycles. The number of nitrogens with one attached hydrogen (secondary N) is 1. The minimum Gasteiger partial charge on any atom is -0.311 e. The predicted octanol–water partition coefficient (Wildman–Crippen LogP) is 1.71. The van der Waals surface area contributed by atoms with Crippen molar-refractivity contribution in [1.82, 2.24) is 4.72 Å². The summed E-state index contributed by atoms with van der Waals surface area (Å²) in [4.78, 5) is 13.2. The first-order valence-electron chi connectivity index (χ1n) is 6.53. The summed E-state index contributed by atoms with van der Waals surface area (Å²) in [7, 11) is -3.23. The Bertz CT molecular complexity index is 550. The van der Waals surface area contributed by atoms with Gasteiger partial charge in [-0.25, -0.2) is 13.1 Å². The second-order valence-corrected chi connectivity index (χ2v) is 6.92. The molecule has 0 heterocycles. The van der Waals surface area contributed by atoms with Crippen LogP contribution < -0.4 is 9.62 Å². The van der Waals surface area contributed by atoms with Gasteiger partial charge in [0.1, 0.15) is 0 Å². The number of nitrogens with zero attached hydrogens (tertiary/aromatic N) is 1. The van der Waals surface area contributed by atoms with Crippen LogP contribution in [-0.4, -0.2) is 33.7 Å². The zero-order chi connectivity index (χ0) is 15.3. The highest BCUT2D eigenvalue weighted by molar-refractivity contribution is 7.88.